The van der Waals surface area contributed by atoms with Crippen molar-refractivity contribution in [3.63, 3.8) is 0 Å². The Hall–Kier alpha value is -3.34. The molecule has 1 aliphatic rings. The number of nitrogens with two attached hydrogens (primary N) is 1. The van der Waals surface area contributed by atoms with Crippen LogP contribution in [-0.2, 0) is 6.42 Å². The SMILES string of the molecule is CC1(C)CC(=O)c2c(C(F)F)nn(-c3ccc4c(N)ncc(C#N)c4c3)c2C1. The van der Waals surface area contributed by atoms with Crippen LogP contribution in [0.3, 0.4) is 0 Å². The molecule has 28 heavy (non-hydrogen) atoms. The lowest BCUT2D eigenvalue weighted by molar-refractivity contribution is 0.0896. The number of alkyl halides is 2. The molecule has 0 bridgehead atoms. The summed E-state index contributed by atoms with van der Waals surface area (Å²) in [5.41, 5.74) is 6.33. The molecule has 1 aromatic carbocycles. The van der Waals surface area contributed by atoms with Crippen LogP contribution in [0.15, 0.2) is 24.4 Å². The molecule has 6 nitrogen and oxygen atoms in total. The number of nitrogens with zero attached hydrogens (tertiary/aromatic N) is 4. The van der Waals surface area contributed by atoms with Crippen LogP contribution >= 0.6 is 0 Å². The number of ketones is 1. The second kappa shape index (κ2) is 6.09. The van der Waals surface area contributed by atoms with Gasteiger partial charge in [-0.05, 0) is 30.0 Å². The summed E-state index contributed by atoms with van der Waals surface area (Å²) < 4.78 is 28.6. The third-order valence-electron chi connectivity index (χ3n) is 5.05. The predicted molar refractivity (Wildman–Crippen MR) is 99.4 cm³/mol. The molecule has 8 heteroatoms. The molecular weight excluding hydrogens is 364 g/mol. The summed E-state index contributed by atoms with van der Waals surface area (Å²) in [6.45, 7) is 3.85. The highest BCUT2D eigenvalue weighted by Gasteiger charge is 2.38. The highest BCUT2D eigenvalue weighted by atomic mass is 19.3. The first kappa shape index (κ1) is 18.0. The number of rotatable bonds is 2. The van der Waals surface area contributed by atoms with Crippen LogP contribution < -0.4 is 5.73 Å². The van der Waals surface area contributed by atoms with Crippen molar-refractivity contribution < 1.29 is 13.6 Å². The number of carbonyl (C=O) groups is 1. The van der Waals surface area contributed by atoms with Crippen molar-refractivity contribution in [2.75, 3.05) is 5.73 Å². The van der Waals surface area contributed by atoms with Gasteiger partial charge in [0.15, 0.2) is 5.78 Å². The first-order valence-electron chi connectivity index (χ1n) is 8.74. The minimum Gasteiger partial charge on any atom is -0.383 e. The molecule has 1 aliphatic carbocycles. The predicted octanol–water partition coefficient (Wildman–Crippen LogP) is 3.97. The van der Waals surface area contributed by atoms with Crippen molar-refractivity contribution in [1.82, 2.24) is 14.8 Å². The van der Waals surface area contributed by atoms with Crippen LogP contribution in [0.5, 0.6) is 0 Å². The highest BCUT2D eigenvalue weighted by molar-refractivity contribution is 6.00. The standard InChI is InChI=1S/C20H17F2N5O/c1-20(2)6-14-16(15(28)7-20)17(18(21)22)26-27(14)11-3-4-12-13(5-11)10(8-23)9-25-19(12)24/h3-5,9,18H,6-7H2,1-2H3,(H2,24,25). The van der Waals surface area contributed by atoms with Gasteiger partial charge in [-0.3, -0.25) is 4.79 Å². The summed E-state index contributed by atoms with van der Waals surface area (Å²) in [7, 11) is 0. The number of aromatic nitrogens is 3. The molecule has 2 heterocycles. The maximum atomic E-state index is 13.6. The first-order chi connectivity index (χ1) is 13.2. The Kier molecular flexibility index (Phi) is 3.93. The zero-order valence-electron chi connectivity index (χ0n) is 15.3. The lowest BCUT2D eigenvalue weighted by Gasteiger charge is -2.29. The highest BCUT2D eigenvalue weighted by Crippen LogP contribution is 2.39. The van der Waals surface area contributed by atoms with E-state index in [-0.39, 0.29) is 29.0 Å². The molecular formula is C20H17F2N5O. The summed E-state index contributed by atoms with van der Waals surface area (Å²) in [4.78, 5) is 16.6. The van der Waals surface area contributed by atoms with E-state index in [1.54, 1.807) is 18.2 Å². The van der Waals surface area contributed by atoms with Gasteiger partial charge in [-0.2, -0.15) is 10.4 Å². The van der Waals surface area contributed by atoms with Gasteiger partial charge < -0.3 is 5.73 Å². The Balaban J connectivity index is 1.99. The van der Waals surface area contributed by atoms with Crippen molar-refractivity contribution in [1.29, 1.82) is 5.26 Å². The molecule has 0 aliphatic heterocycles. The maximum Gasteiger partial charge on any atom is 0.282 e. The molecule has 0 saturated heterocycles. The Bertz CT molecular complexity index is 1170. The number of halogens is 2. The quantitative estimate of drug-likeness (QED) is 0.724. The van der Waals surface area contributed by atoms with E-state index in [2.05, 4.69) is 16.2 Å². The van der Waals surface area contributed by atoms with Crippen LogP contribution in [0.4, 0.5) is 14.6 Å². The molecule has 2 N–H and O–H groups in total. The number of anilines is 1. The Labute approximate surface area is 159 Å². The van der Waals surface area contributed by atoms with E-state index in [0.717, 1.165) is 0 Å². The summed E-state index contributed by atoms with van der Waals surface area (Å²) in [6.07, 6.45) is -0.841. The number of nitriles is 1. The van der Waals surface area contributed by atoms with Crippen molar-refractivity contribution in [3.8, 4) is 11.8 Å². The second-order valence-corrected chi connectivity index (χ2v) is 7.76. The van der Waals surface area contributed by atoms with E-state index in [0.29, 0.717) is 34.1 Å². The van der Waals surface area contributed by atoms with E-state index >= 15 is 0 Å². The summed E-state index contributed by atoms with van der Waals surface area (Å²) >= 11 is 0. The molecule has 0 atom stereocenters. The Morgan fingerprint density at radius 3 is 2.71 bits per heavy atom. The zero-order chi connectivity index (χ0) is 20.2. The van der Waals surface area contributed by atoms with E-state index in [1.807, 2.05) is 13.8 Å². The molecule has 3 aromatic rings. The summed E-state index contributed by atoms with van der Waals surface area (Å²) in [5.74, 6) is -0.0487. The van der Waals surface area contributed by atoms with E-state index in [4.69, 9.17) is 5.73 Å². The van der Waals surface area contributed by atoms with Gasteiger partial charge in [-0.1, -0.05) is 13.8 Å². The lowest BCUT2D eigenvalue weighted by atomic mass is 9.75. The fourth-order valence-electron chi connectivity index (χ4n) is 3.82. The first-order valence-corrected chi connectivity index (χ1v) is 8.74. The normalized spacial score (nSPS) is 15.6. The fraction of sp³-hybridized carbons (Fsp3) is 0.300. The van der Waals surface area contributed by atoms with E-state index in [9.17, 15) is 18.8 Å². The smallest absolute Gasteiger partial charge is 0.282 e. The molecule has 2 aromatic heterocycles. The number of benzene rings is 1. The maximum absolute atomic E-state index is 13.6. The van der Waals surface area contributed by atoms with Gasteiger partial charge in [0, 0.05) is 23.4 Å². The minimum atomic E-state index is -2.85. The van der Waals surface area contributed by atoms with E-state index in [1.165, 1.54) is 10.9 Å². The van der Waals surface area contributed by atoms with Gasteiger partial charge in [0.25, 0.3) is 6.43 Å². The lowest BCUT2D eigenvalue weighted by Crippen LogP contribution is -2.28. The van der Waals surface area contributed by atoms with Gasteiger partial charge in [-0.15, -0.1) is 0 Å². The molecule has 0 fully saturated rings. The van der Waals surface area contributed by atoms with Crippen molar-refractivity contribution in [3.05, 3.63) is 46.9 Å². The third kappa shape index (κ3) is 2.71. The number of hydrogen-bond donors (Lipinski definition) is 1. The fourth-order valence-corrected chi connectivity index (χ4v) is 3.82. The average Bonchev–Trinajstić information content (AvgIpc) is 3.00. The van der Waals surface area contributed by atoms with Crippen LogP contribution in [0, 0.1) is 16.7 Å². The van der Waals surface area contributed by atoms with Crippen LogP contribution in [0.2, 0.25) is 0 Å². The summed E-state index contributed by atoms with van der Waals surface area (Å²) in [6, 6.07) is 7.08. The number of nitrogen functional groups attached to an aromatic ring is 1. The molecule has 0 unspecified atom stereocenters. The molecule has 0 saturated carbocycles. The average molecular weight is 381 g/mol. The number of Topliss-reactive ketones (excluding diaryl/α,β-unsaturated/α-hetero) is 1. The van der Waals surface area contributed by atoms with Crippen molar-refractivity contribution in [2.24, 2.45) is 5.41 Å². The molecule has 0 amide bonds. The summed E-state index contributed by atoms with van der Waals surface area (Å²) in [5, 5.41) is 14.6. The zero-order valence-corrected chi connectivity index (χ0v) is 15.3. The Morgan fingerprint density at radius 1 is 1.29 bits per heavy atom. The monoisotopic (exact) mass is 381 g/mol. The Morgan fingerprint density at radius 2 is 2.04 bits per heavy atom. The molecule has 4 rings (SSSR count). The molecule has 0 spiro atoms. The topological polar surface area (TPSA) is 97.6 Å². The van der Waals surface area contributed by atoms with Gasteiger partial charge >= 0.3 is 0 Å². The number of carbonyl (C=O) groups excluding carboxylic acids is 1. The molecule has 142 valence electrons. The van der Waals surface area contributed by atoms with Gasteiger partial charge in [0.1, 0.15) is 17.6 Å². The van der Waals surface area contributed by atoms with Crippen molar-refractivity contribution in [2.45, 2.75) is 33.1 Å². The third-order valence-corrected chi connectivity index (χ3v) is 5.05. The second-order valence-electron chi connectivity index (χ2n) is 7.76. The van der Waals surface area contributed by atoms with Crippen molar-refractivity contribution >= 4 is 22.4 Å². The van der Waals surface area contributed by atoms with Crippen LogP contribution in [0.25, 0.3) is 16.5 Å². The van der Waals surface area contributed by atoms with Gasteiger partial charge in [-0.25, -0.2) is 18.4 Å². The van der Waals surface area contributed by atoms with Crippen LogP contribution in [0.1, 0.15) is 54.0 Å². The number of fused-ring (bicyclic) bond motifs is 2. The van der Waals surface area contributed by atoms with Gasteiger partial charge in [0.05, 0.1) is 22.5 Å². The minimum absolute atomic E-state index is 0.0178. The number of pyridine rings is 1. The number of hydrogen-bond acceptors (Lipinski definition) is 5. The van der Waals surface area contributed by atoms with Gasteiger partial charge in [0.2, 0.25) is 0 Å². The molecule has 0 radical (unpaired) electrons. The largest absolute Gasteiger partial charge is 0.383 e. The van der Waals surface area contributed by atoms with E-state index < -0.39 is 12.1 Å². The van der Waals surface area contributed by atoms with Crippen LogP contribution in [-0.4, -0.2) is 20.5 Å².